The van der Waals surface area contributed by atoms with Crippen molar-refractivity contribution < 1.29 is 19.8 Å². The van der Waals surface area contributed by atoms with Crippen LogP contribution in [-0.2, 0) is 15.0 Å². The van der Waals surface area contributed by atoms with Crippen molar-refractivity contribution in [1.29, 1.82) is 0 Å². The highest BCUT2D eigenvalue weighted by Crippen LogP contribution is 2.75. The van der Waals surface area contributed by atoms with Crippen LogP contribution in [0.2, 0.25) is 0 Å². The van der Waals surface area contributed by atoms with E-state index in [9.17, 15) is 19.8 Å². The summed E-state index contributed by atoms with van der Waals surface area (Å²) in [5.74, 6) is -1.25. The molecule has 2 heterocycles. The molecular formula is C34H46N2O4. The molecule has 0 saturated heterocycles. The van der Waals surface area contributed by atoms with Crippen LogP contribution in [0.4, 0.5) is 0 Å². The average molecular weight is 547 g/mol. The van der Waals surface area contributed by atoms with Gasteiger partial charge in [0.2, 0.25) is 0 Å². The van der Waals surface area contributed by atoms with E-state index in [0.717, 1.165) is 32.1 Å². The molecule has 6 nitrogen and oxygen atoms in total. The molecule has 4 fully saturated rings. The van der Waals surface area contributed by atoms with E-state index in [1.807, 2.05) is 26.0 Å². The maximum absolute atomic E-state index is 13.7. The topological polar surface area (TPSA) is 90.7 Å². The van der Waals surface area contributed by atoms with Crippen molar-refractivity contribution in [1.82, 2.24) is 9.88 Å². The molecule has 0 spiro atoms. The fourth-order valence-electron chi connectivity index (χ4n) is 11.1. The van der Waals surface area contributed by atoms with Crippen molar-refractivity contribution in [2.45, 2.75) is 105 Å². The minimum Gasteiger partial charge on any atom is -0.478 e. The standard InChI is InChI=1S/C34H46N2O4/c1-19-26(28(37)38)34(23-10-9-15-35-18-23,24-16-21-11-13-32(24,7)30(21,3)4)27(29(39)40)20(2)36(19)25-17-22-12-14-33(25,8)31(22,5)6/h9-10,15,18,21-22,24-25H,11-14,16-17H2,1-8H3,(H,37,38)(H,39,40). The van der Waals surface area contributed by atoms with Gasteiger partial charge in [0.05, 0.1) is 16.6 Å². The number of hydrogen-bond donors (Lipinski definition) is 2. The Morgan fingerprint density at radius 3 is 1.75 bits per heavy atom. The van der Waals surface area contributed by atoms with Gasteiger partial charge in [0, 0.05) is 29.8 Å². The van der Waals surface area contributed by atoms with E-state index in [-0.39, 0.29) is 44.8 Å². The molecule has 1 aromatic heterocycles. The molecule has 6 rings (SSSR count). The number of pyridine rings is 1. The Balaban J connectivity index is 1.68. The molecule has 4 saturated carbocycles. The van der Waals surface area contributed by atoms with E-state index in [4.69, 9.17) is 0 Å². The fourth-order valence-corrected chi connectivity index (χ4v) is 11.1. The first kappa shape index (κ1) is 27.5. The van der Waals surface area contributed by atoms with Crippen LogP contribution in [0, 0.1) is 39.4 Å². The first-order valence-electron chi connectivity index (χ1n) is 15.2. The fraction of sp³-hybridized carbons (Fsp3) is 0.676. The lowest BCUT2D eigenvalue weighted by atomic mass is 9.50. The smallest absolute Gasteiger partial charge is 0.334 e. The van der Waals surface area contributed by atoms with Gasteiger partial charge >= 0.3 is 11.9 Å². The Hall–Kier alpha value is -2.63. The number of hydrogen-bond acceptors (Lipinski definition) is 4. The Morgan fingerprint density at radius 2 is 1.38 bits per heavy atom. The summed E-state index contributed by atoms with van der Waals surface area (Å²) in [6.45, 7) is 17.8. The lowest BCUT2D eigenvalue weighted by Gasteiger charge is -2.56. The summed E-state index contributed by atoms with van der Waals surface area (Å²) in [6, 6.07) is 3.80. The van der Waals surface area contributed by atoms with Crippen molar-refractivity contribution in [3.63, 3.8) is 0 Å². The summed E-state index contributed by atoms with van der Waals surface area (Å²) in [6.07, 6.45) is 9.49. The lowest BCUT2D eigenvalue weighted by molar-refractivity contribution is -0.136. The van der Waals surface area contributed by atoms with Crippen molar-refractivity contribution in [3.8, 4) is 0 Å². The Bertz CT molecular complexity index is 1320. The van der Waals surface area contributed by atoms with E-state index in [2.05, 4.69) is 51.4 Å². The molecule has 2 N–H and O–H groups in total. The molecule has 1 aromatic rings. The highest BCUT2D eigenvalue weighted by atomic mass is 16.4. The number of fused-ring (bicyclic) bond motifs is 4. The van der Waals surface area contributed by atoms with Crippen molar-refractivity contribution in [3.05, 3.63) is 52.6 Å². The van der Waals surface area contributed by atoms with Gasteiger partial charge in [-0.25, -0.2) is 9.59 Å². The van der Waals surface area contributed by atoms with Crippen molar-refractivity contribution in [2.24, 2.45) is 39.4 Å². The second kappa shape index (κ2) is 8.23. The van der Waals surface area contributed by atoms with Gasteiger partial charge in [-0.3, -0.25) is 4.98 Å². The summed E-state index contributed by atoms with van der Waals surface area (Å²) in [5.41, 5.74) is 1.09. The quantitative estimate of drug-likeness (QED) is 0.412. The van der Waals surface area contributed by atoms with Crippen LogP contribution in [0.5, 0.6) is 0 Å². The number of aliphatic carboxylic acids is 2. The van der Waals surface area contributed by atoms with E-state index < -0.39 is 17.4 Å². The summed E-state index contributed by atoms with van der Waals surface area (Å²) < 4.78 is 0. The number of rotatable bonds is 5. The van der Waals surface area contributed by atoms with Crippen LogP contribution in [-0.4, -0.2) is 38.1 Å². The maximum Gasteiger partial charge on any atom is 0.334 e. The van der Waals surface area contributed by atoms with Gasteiger partial charge in [0.15, 0.2) is 0 Å². The highest BCUT2D eigenvalue weighted by Gasteiger charge is 2.71. The number of carboxylic acids is 2. The maximum atomic E-state index is 13.7. The minimum absolute atomic E-state index is 0.0266. The molecule has 5 aliphatic rings. The normalized spacial score (nSPS) is 38.9. The second-order valence-corrected chi connectivity index (χ2v) is 15.2. The van der Waals surface area contributed by atoms with Gasteiger partial charge in [-0.05, 0) is 103 Å². The number of carbonyl (C=O) groups is 2. The van der Waals surface area contributed by atoms with Gasteiger partial charge in [-0.1, -0.05) is 47.6 Å². The third-order valence-electron chi connectivity index (χ3n) is 14.2. The Morgan fingerprint density at radius 1 is 0.850 bits per heavy atom. The third-order valence-corrected chi connectivity index (χ3v) is 14.2. The van der Waals surface area contributed by atoms with E-state index in [1.165, 1.54) is 6.42 Å². The third kappa shape index (κ3) is 2.93. The molecule has 6 heteroatoms. The van der Waals surface area contributed by atoms with Crippen LogP contribution in [0.25, 0.3) is 0 Å². The molecular weight excluding hydrogens is 500 g/mol. The van der Waals surface area contributed by atoms with E-state index in [0.29, 0.717) is 28.8 Å². The SMILES string of the molecule is CC1=C(C(=O)O)C(c2cccnc2)(C2CC3CCC2(C)C3(C)C)C(C(=O)O)=C(C)N1C1CC2CCC1(C)C2(C)C. The molecule has 0 amide bonds. The van der Waals surface area contributed by atoms with Crippen LogP contribution in [0.3, 0.4) is 0 Å². The predicted octanol–water partition coefficient (Wildman–Crippen LogP) is 7.03. The summed E-state index contributed by atoms with van der Waals surface area (Å²) in [5, 5.41) is 22.3. The van der Waals surface area contributed by atoms with Gasteiger partial charge in [-0.2, -0.15) is 0 Å². The molecule has 0 radical (unpaired) electrons. The summed E-state index contributed by atoms with van der Waals surface area (Å²) >= 11 is 0. The highest BCUT2D eigenvalue weighted by molar-refractivity contribution is 6.01. The van der Waals surface area contributed by atoms with Gasteiger partial charge in [-0.15, -0.1) is 0 Å². The van der Waals surface area contributed by atoms with Gasteiger partial charge in [0.1, 0.15) is 0 Å². The minimum atomic E-state index is -1.30. The molecule has 0 aromatic carbocycles. The number of nitrogens with zero attached hydrogens (tertiary/aromatic N) is 2. The predicted molar refractivity (Wildman–Crippen MR) is 154 cm³/mol. The molecule has 6 unspecified atom stereocenters. The zero-order valence-corrected chi connectivity index (χ0v) is 25.5. The molecule has 216 valence electrons. The first-order chi connectivity index (χ1) is 18.6. The van der Waals surface area contributed by atoms with Crippen LogP contribution >= 0.6 is 0 Å². The largest absolute Gasteiger partial charge is 0.478 e. The zero-order chi connectivity index (χ0) is 29.2. The molecule has 4 aliphatic carbocycles. The first-order valence-corrected chi connectivity index (χ1v) is 15.2. The second-order valence-electron chi connectivity index (χ2n) is 15.2. The summed E-state index contributed by atoms with van der Waals surface area (Å²) in [4.78, 5) is 33.9. The van der Waals surface area contributed by atoms with E-state index in [1.54, 1.807) is 12.4 Å². The molecule has 40 heavy (non-hydrogen) atoms. The van der Waals surface area contributed by atoms with Gasteiger partial charge < -0.3 is 15.1 Å². The lowest BCUT2D eigenvalue weighted by Crippen LogP contribution is -2.56. The number of allylic oxidation sites excluding steroid dienone is 2. The molecule has 4 bridgehead atoms. The number of carboxylic acid groups (broad SMARTS) is 2. The van der Waals surface area contributed by atoms with Gasteiger partial charge in [0.25, 0.3) is 0 Å². The Labute approximate surface area is 238 Å². The molecule has 1 aliphatic heterocycles. The number of aromatic nitrogens is 1. The van der Waals surface area contributed by atoms with Crippen LogP contribution < -0.4 is 0 Å². The van der Waals surface area contributed by atoms with Crippen molar-refractivity contribution >= 4 is 11.9 Å². The summed E-state index contributed by atoms with van der Waals surface area (Å²) in [7, 11) is 0. The van der Waals surface area contributed by atoms with E-state index >= 15 is 0 Å². The van der Waals surface area contributed by atoms with Crippen LogP contribution in [0.1, 0.15) is 99.5 Å². The molecule has 6 atom stereocenters. The van der Waals surface area contributed by atoms with Crippen LogP contribution in [0.15, 0.2) is 47.1 Å². The monoisotopic (exact) mass is 546 g/mol. The Kier molecular flexibility index (Phi) is 5.66. The van der Waals surface area contributed by atoms with Crippen molar-refractivity contribution in [2.75, 3.05) is 0 Å². The average Bonchev–Trinajstić information content (AvgIpc) is 3.40. The zero-order valence-electron chi connectivity index (χ0n) is 25.5.